The van der Waals surface area contributed by atoms with Crippen LogP contribution in [0.25, 0.3) is 0 Å². The van der Waals surface area contributed by atoms with Gasteiger partial charge in [-0.1, -0.05) is 48.6 Å². The number of likely N-dealkylation sites (tertiary alicyclic amines) is 1. The summed E-state index contributed by atoms with van der Waals surface area (Å²) in [6.45, 7) is 1.92. The molecule has 1 aromatic heterocycles. The topological polar surface area (TPSA) is 53.4 Å². The van der Waals surface area contributed by atoms with Gasteiger partial charge in [0.1, 0.15) is 0 Å². The lowest BCUT2D eigenvalue weighted by Gasteiger charge is -2.28. The fraction of sp³-hybridized carbons (Fsp3) is 0.364. The quantitative estimate of drug-likeness (QED) is 0.714. The summed E-state index contributed by atoms with van der Waals surface area (Å²) in [7, 11) is 0. The van der Waals surface area contributed by atoms with E-state index < -0.39 is 5.97 Å². The highest BCUT2D eigenvalue weighted by Crippen LogP contribution is 2.40. The maximum absolute atomic E-state index is 10.6. The van der Waals surface area contributed by atoms with Crippen molar-refractivity contribution in [1.82, 2.24) is 9.88 Å². The van der Waals surface area contributed by atoms with Crippen LogP contribution < -0.4 is 0 Å². The van der Waals surface area contributed by atoms with Crippen LogP contribution >= 0.6 is 0 Å². The van der Waals surface area contributed by atoms with Crippen molar-refractivity contribution in [3.8, 4) is 0 Å². The van der Waals surface area contributed by atoms with E-state index in [9.17, 15) is 4.79 Å². The number of nitrogens with zero attached hydrogens (tertiary/aromatic N) is 2. The number of pyridine rings is 1. The molecule has 4 nitrogen and oxygen atoms in total. The molecule has 3 rings (SSSR count). The monoisotopic (exact) mass is 350 g/mol. The van der Waals surface area contributed by atoms with Crippen LogP contribution in [0.15, 0.2) is 66.9 Å². The van der Waals surface area contributed by atoms with Gasteiger partial charge in [0.05, 0.1) is 5.69 Å². The van der Waals surface area contributed by atoms with Crippen molar-refractivity contribution in [2.24, 2.45) is 5.92 Å². The van der Waals surface area contributed by atoms with E-state index >= 15 is 0 Å². The Morgan fingerprint density at radius 2 is 1.96 bits per heavy atom. The Balaban J connectivity index is 1.69. The Labute approximate surface area is 155 Å². The predicted molar refractivity (Wildman–Crippen MR) is 103 cm³/mol. The Kier molecular flexibility index (Phi) is 6.56. The van der Waals surface area contributed by atoms with E-state index in [1.54, 1.807) is 0 Å². The van der Waals surface area contributed by atoms with Crippen molar-refractivity contribution in [3.05, 3.63) is 78.1 Å². The number of hydrogen-bond donors (Lipinski definition) is 1. The first kappa shape index (κ1) is 18.3. The molecule has 1 fully saturated rings. The van der Waals surface area contributed by atoms with E-state index in [-0.39, 0.29) is 6.42 Å². The van der Waals surface area contributed by atoms with Crippen LogP contribution in [-0.2, 0) is 11.3 Å². The molecule has 136 valence electrons. The fourth-order valence-electron chi connectivity index (χ4n) is 3.78. The van der Waals surface area contributed by atoms with E-state index in [0.717, 1.165) is 31.6 Å². The summed E-state index contributed by atoms with van der Waals surface area (Å²) in [4.78, 5) is 17.6. The summed E-state index contributed by atoms with van der Waals surface area (Å²) in [5, 5.41) is 8.74. The molecule has 0 amide bonds. The zero-order valence-electron chi connectivity index (χ0n) is 15.0. The summed E-state index contributed by atoms with van der Waals surface area (Å²) in [6.07, 6.45) is 8.97. The zero-order valence-corrected chi connectivity index (χ0v) is 15.0. The van der Waals surface area contributed by atoms with Gasteiger partial charge in [0.15, 0.2) is 0 Å². The smallest absolute Gasteiger partial charge is 0.303 e. The molecule has 0 unspecified atom stereocenters. The molecule has 0 bridgehead atoms. The van der Waals surface area contributed by atoms with Gasteiger partial charge >= 0.3 is 5.97 Å². The SMILES string of the molecule is O=C(O)CC/C=C\C[C@H]1CCN(Cc2ccccn2)[C@H]1c1ccccc1. The molecule has 2 aromatic rings. The molecule has 2 heterocycles. The van der Waals surface area contributed by atoms with E-state index in [4.69, 9.17) is 5.11 Å². The highest BCUT2D eigenvalue weighted by Gasteiger charge is 2.34. The molecule has 0 aliphatic carbocycles. The minimum absolute atomic E-state index is 0.203. The number of benzene rings is 1. The number of allylic oxidation sites excluding steroid dienone is 2. The minimum Gasteiger partial charge on any atom is -0.481 e. The molecule has 4 heteroatoms. The zero-order chi connectivity index (χ0) is 18.2. The van der Waals surface area contributed by atoms with Crippen molar-refractivity contribution >= 4 is 5.97 Å². The number of aromatic nitrogens is 1. The van der Waals surface area contributed by atoms with Crippen molar-refractivity contribution in [1.29, 1.82) is 0 Å². The number of carbonyl (C=O) groups is 1. The Morgan fingerprint density at radius 3 is 2.69 bits per heavy atom. The average Bonchev–Trinajstić information content (AvgIpc) is 3.05. The van der Waals surface area contributed by atoms with Crippen LogP contribution in [0.4, 0.5) is 0 Å². The van der Waals surface area contributed by atoms with Crippen LogP contribution in [0.1, 0.15) is 43.0 Å². The third-order valence-corrected chi connectivity index (χ3v) is 4.99. The van der Waals surface area contributed by atoms with E-state index in [0.29, 0.717) is 18.4 Å². The van der Waals surface area contributed by atoms with Gasteiger partial charge in [-0.3, -0.25) is 14.7 Å². The minimum atomic E-state index is -0.737. The largest absolute Gasteiger partial charge is 0.481 e. The third kappa shape index (κ3) is 5.02. The first-order valence-electron chi connectivity index (χ1n) is 9.29. The number of hydrogen-bond acceptors (Lipinski definition) is 3. The molecule has 1 N–H and O–H groups in total. The maximum atomic E-state index is 10.6. The highest BCUT2D eigenvalue weighted by molar-refractivity contribution is 5.66. The first-order valence-corrected chi connectivity index (χ1v) is 9.29. The summed E-state index contributed by atoms with van der Waals surface area (Å²) < 4.78 is 0. The van der Waals surface area contributed by atoms with Crippen LogP contribution in [0.5, 0.6) is 0 Å². The van der Waals surface area contributed by atoms with Crippen molar-refractivity contribution in [2.45, 2.75) is 38.3 Å². The van der Waals surface area contributed by atoms with Gasteiger partial charge in [-0.05, 0) is 49.4 Å². The van der Waals surface area contributed by atoms with Gasteiger partial charge in [-0.15, -0.1) is 0 Å². The Hall–Kier alpha value is -2.46. The molecular weight excluding hydrogens is 324 g/mol. The van der Waals surface area contributed by atoms with Gasteiger partial charge in [-0.25, -0.2) is 0 Å². The predicted octanol–water partition coefficient (Wildman–Crippen LogP) is 4.46. The first-order chi connectivity index (χ1) is 12.7. The van der Waals surface area contributed by atoms with E-state index in [1.807, 2.05) is 24.4 Å². The summed E-state index contributed by atoms with van der Waals surface area (Å²) in [6, 6.07) is 17.1. The second-order valence-electron chi connectivity index (χ2n) is 6.84. The lowest BCUT2D eigenvalue weighted by molar-refractivity contribution is -0.136. The summed E-state index contributed by atoms with van der Waals surface area (Å²) in [5.41, 5.74) is 2.45. The van der Waals surface area contributed by atoms with Crippen molar-refractivity contribution < 1.29 is 9.90 Å². The second-order valence-corrected chi connectivity index (χ2v) is 6.84. The lowest BCUT2D eigenvalue weighted by Crippen LogP contribution is -2.25. The molecule has 2 atom stereocenters. The van der Waals surface area contributed by atoms with E-state index in [2.05, 4.69) is 52.4 Å². The molecule has 0 saturated carbocycles. The molecule has 0 spiro atoms. The molecule has 1 aromatic carbocycles. The van der Waals surface area contributed by atoms with Crippen LogP contribution in [-0.4, -0.2) is 27.5 Å². The van der Waals surface area contributed by atoms with Crippen LogP contribution in [0, 0.1) is 5.92 Å². The standard InChI is InChI=1S/C22H26N2O2/c25-21(26)13-6-2-5-11-19-14-16-24(17-20-12-7-8-15-23-20)22(19)18-9-3-1-4-10-18/h1-5,7-10,12,15,19,22H,6,11,13-14,16-17H2,(H,25,26)/b5-2-/t19-,22-/m0/s1. The molecular formula is C22H26N2O2. The Bertz CT molecular complexity index is 715. The summed E-state index contributed by atoms with van der Waals surface area (Å²) in [5.74, 6) is -0.193. The summed E-state index contributed by atoms with van der Waals surface area (Å²) >= 11 is 0. The molecule has 0 radical (unpaired) electrons. The van der Waals surface area contributed by atoms with Crippen molar-refractivity contribution in [3.63, 3.8) is 0 Å². The normalized spacial score (nSPS) is 20.6. The number of carboxylic acid groups (broad SMARTS) is 1. The molecule has 1 aliphatic heterocycles. The molecule has 26 heavy (non-hydrogen) atoms. The van der Waals surface area contributed by atoms with Gasteiger partial charge < -0.3 is 5.11 Å². The third-order valence-electron chi connectivity index (χ3n) is 4.99. The lowest BCUT2D eigenvalue weighted by atomic mass is 9.90. The number of carboxylic acids is 1. The molecule has 1 aliphatic rings. The maximum Gasteiger partial charge on any atom is 0.303 e. The highest BCUT2D eigenvalue weighted by atomic mass is 16.4. The van der Waals surface area contributed by atoms with Gasteiger partial charge in [-0.2, -0.15) is 0 Å². The number of rotatable bonds is 8. The van der Waals surface area contributed by atoms with Gasteiger partial charge in [0.2, 0.25) is 0 Å². The second kappa shape index (κ2) is 9.30. The Morgan fingerprint density at radius 1 is 1.15 bits per heavy atom. The van der Waals surface area contributed by atoms with Crippen LogP contribution in [0.3, 0.4) is 0 Å². The fourth-order valence-corrected chi connectivity index (χ4v) is 3.78. The van der Waals surface area contributed by atoms with Gasteiger partial charge in [0, 0.05) is 25.2 Å². The van der Waals surface area contributed by atoms with Crippen LogP contribution in [0.2, 0.25) is 0 Å². The average molecular weight is 350 g/mol. The van der Waals surface area contributed by atoms with E-state index in [1.165, 1.54) is 5.56 Å². The van der Waals surface area contributed by atoms with Gasteiger partial charge in [0.25, 0.3) is 0 Å². The van der Waals surface area contributed by atoms with Crippen molar-refractivity contribution in [2.75, 3.05) is 6.54 Å². The number of aliphatic carboxylic acids is 1. The molecule has 1 saturated heterocycles.